The van der Waals surface area contributed by atoms with Crippen LogP contribution < -0.4 is 19.7 Å². The van der Waals surface area contributed by atoms with Crippen molar-refractivity contribution in [2.75, 3.05) is 31.0 Å². The average molecular weight is 427 g/mol. The maximum Gasteiger partial charge on any atom is 0.229 e. The Bertz CT molecular complexity index is 938. The van der Waals surface area contributed by atoms with Crippen molar-refractivity contribution in [3.8, 4) is 11.5 Å². The van der Waals surface area contributed by atoms with E-state index in [0.717, 1.165) is 0 Å². The van der Waals surface area contributed by atoms with E-state index in [0.29, 0.717) is 27.9 Å². The summed E-state index contributed by atoms with van der Waals surface area (Å²) in [6.45, 7) is 0.152. The van der Waals surface area contributed by atoms with Gasteiger partial charge in [0.1, 0.15) is 17.3 Å². The van der Waals surface area contributed by atoms with E-state index in [1.807, 2.05) is 0 Å². The van der Waals surface area contributed by atoms with E-state index < -0.39 is 11.7 Å². The number of ether oxygens (including phenoxy) is 2. The summed E-state index contributed by atoms with van der Waals surface area (Å²) in [4.78, 5) is 26.5. The Kier molecular flexibility index (Phi) is 5.96. The zero-order valence-electron chi connectivity index (χ0n) is 15.1. The van der Waals surface area contributed by atoms with Gasteiger partial charge in [-0.2, -0.15) is 0 Å². The van der Waals surface area contributed by atoms with E-state index >= 15 is 0 Å². The Balaban J connectivity index is 1.77. The molecule has 1 atom stereocenters. The smallest absolute Gasteiger partial charge is 0.229 e. The molecule has 1 aliphatic rings. The number of methoxy groups -OCH3 is 2. The lowest BCUT2D eigenvalue weighted by atomic mass is 10.1. The number of benzene rings is 2. The fourth-order valence-electron chi connectivity index (χ4n) is 2.98. The largest absolute Gasteiger partial charge is 0.495 e. The third-order valence-electron chi connectivity index (χ3n) is 4.44. The Morgan fingerprint density at radius 2 is 1.86 bits per heavy atom. The van der Waals surface area contributed by atoms with Crippen LogP contribution in [0.5, 0.6) is 11.5 Å². The molecule has 0 aromatic heterocycles. The number of nitrogens with zero attached hydrogens (tertiary/aromatic N) is 1. The molecule has 6 nitrogen and oxygen atoms in total. The van der Waals surface area contributed by atoms with Crippen molar-refractivity contribution >= 4 is 46.4 Å². The van der Waals surface area contributed by atoms with E-state index in [-0.39, 0.29) is 29.8 Å². The van der Waals surface area contributed by atoms with Gasteiger partial charge in [0.25, 0.3) is 0 Å². The van der Waals surface area contributed by atoms with Crippen molar-refractivity contribution in [2.24, 2.45) is 5.92 Å². The fraction of sp³-hybridized carbons (Fsp3) is 0.263. The van der Waals surface area contributed by atoms with Crippen LogP contribution >= 0.6 is 23.2 Å². The van der Waals surface area contributed by atoms with E-state index in [1.165, 1.54) is 43.4 Å². The lowest BCUT2D eigenvalue weighted by Crippen LogP contribution is -2.28. The van der Waals surface area contributed by atoms with E-state index in [9.17, 15) is 14.0 Å². The second-order valence-electron chi connectivity index (χ2n) is 6.18. The first kappa shape index (κ1) is 20.2. The predicted molar refractivity (Wildman–Crippen MR) is 105 cm³/mol. The third kappa shape index (κ3) is 4.00. The van der Waals surface area contributed by atoms with Crippen molar-refractivity contribution in [1.82, 2.24) is 0 Å². The molecule has 28 heavy (non-hydrogen) atoms. The molecule has 2 aromatic carbocycles. The summed E-state index contributed by atoms with van der Waals surface area (Å²) in [5.74, 6) is -1.03. The number of hydrogen-bond acceptors (Lipinski definition) is 4. The molecule has 2 aromatic rings. The molecule has 1 heterocycles. The van der Waals surface area contributed by atoms with Crippen LogP contribution in [-0.4, -0.2) is 32.6 Å². The second-order valence-corrected chi connectivity index (χ2v) is 6.99. The van der Waals surface area contributed by atoms with Gasteiger partial charge in [-0.25, -0.2) is 4.39 Å². The molecule has 148 valence electrons. The number of halogens is 3. The van der Waals surface area contributed by atoms with Crippen molar-refractivity contribution in [3.63, 3.8) is 0 Å². The molecule has 0 spiro atoms. The van der Waals surface area contributed by atoms with Gasteiger partial charge in [-0.05, 0) is 18.2 Å². The minimum absolute atomic E-state index is 0.0217. The number of anilines is 2. The summed E-state index contributed by atoms with van der Waals surface area (Å²) < 4.78 is 23.8. The van der Waals surface area contributed by atoms with Gasteiger partial charge in [-0.3, -0.25) is 9.59 Å². The van der Waals surface area contributed by atoms with Crippen LogP contribution in [0.15, 0.2) is 30.3 Å². The summed E-state index contributed by atoms with van der Waals surface area (Å²) in [7, 11) is 2.91. The van der Waals surface area contributed by atoms with Crippen LogP contribution in [0.4, 0.5) is 15.8 Å². The highest BCUT2D eigenvalue weighted by Crippen LogP contribution is 2.36. The highest BCUT2D eigenvalue weighted by molar-refractivity contribution is 6.32. The zero-order chi connectivity index (χ0) is 20.4. The number of hydrogen-bond donors (Lipinski definition) is 1. The molecule has 2 amide bonds. The highest BCUT2D eigenvalue weighted by Gasteiger charge is 2.35. The van der Waals surface area contributed by atoms with Gasteiger partial charge in [0, 0.05) is 30.8 Å². The van der Waals surface area contributed by atoms with Gasteiger partial charge < -0.3 is 19.7 Å². The summed E-state index contributed by atoms with van der Waals surface area (Å²) in [5.41, 5.74) is 0.821. The van der Waals surface area contributed by atoms with Gasteiger partial charge in [0.2, 0.25) is 11.8 Å². The van der Waals surface area contributed by atoms with E-state index in [2.05, 4.69) is 5.32 Å². The molecule has 0 aliphatic carbocycles. The minimum Gasteiger partial charge on any atom is -0.495 e. The molecule has 1 unspecified atom stereocenters. The number of amides is 2. The summed E-state index contributed by atoms with van der Waals surface area (Å²) in [5, 5.41) is 3.00. The van der Waals surface area contributed by atoms with Gasteiger partial charge in [-0.15, -0.1) is 0 Å². The van der Waals surface area contributed by atoms with Gasteiger partial charge >= 0.3 is 0 Å². The van der Waals surface area contributed by atoms with E-state index in [1.54, 1.807) is 6.07 Å². The van der Waals surface area contributed by atoms with Crippen LogP contribution in [0.2, 0.25) is 10.0 Å². The molecule has 1 saturated heterocycles. The van der Waals surface area contributed by atoms with Crippen molar-refractivity contribution in [2.45, 2.75) is 6.42 Å². The molecular formula is C19H17Cl2FN2O4. The SMILES string of the molecule is COc1cc(NC(=O)C2CC(=O)N(c3ccc(F)c(Cl)c3)C2)c(OC)cc1Cl. The first-order chi connectivity index (χ1) is 13.3. The Labute approximate surface area is 171 Å². The lowest BCUT2D eigenvalue weighted by molar-refractivity contribution is -0.122. The quantitative estimate of drug-likeness (QED) is 0.779. The minimum atomic E-state index is -0.595. The maximum absolute atomic E-state index is 13.4. The summed E-state index contributed by atoms with van der Waals surface area (Å²) in [6.07, 6.45) is 0.0217. The van der Waals surface area contributed by atoms with Gasteiger partial charge in [-0.1, -0.05) is 23.2 Å². The molecule has 1 aliphatic heterocycles. The number of nitrogens with one attached hydrogen (secondary N) is 1. The number of rotatable bonds is 5. The monoisotopic (exact) mass is 426 g/mol. The van der Waals surface area contributed by atoms with Crippen LogP contribution in [0, 0.1) is 11.7 Å². The summed E-state index contributed by atoms with van der Waals surface area (Å²) >= 11 is 11.9. The summed E-state index contributed by atoms with van der Waals surface area (Å²) in [6, 6.07) is 7.08. The Morgan fingerprint density at radius 3 is 2.50 bits per heavy atom. The second kappa shape index (κ2) is 8.24. The third-order valence-corrected chi connectivity index (χ3v) is 5.03. The predicted octanol–water partition coefficient (Wildman–Crippen LogP) is 4.14. The zero-order valence-corrected chi connectivity index (χ0v) is 16.6. The molecule has 3 rings (SSSR count). The van der Waals surface area contributed by atoms with E-state index in [4.69, 9.17) is 32.7 Å². The van der Waals surface area contributed by atoms with Crippen molar-refractivity contribution < 1.29 is 23.5 Å². The molecule has 0 saturated carbocycles. The van der Waals surface area contributed by atoms with Gasteiger partial charge in [0.15, 0.2) is 0 Å². The topological polar surface area (TPSA) is 67.9 Å². The molecule has 1 fully saturated rings. The fourth-order valence-corrected chi connectivity index (χ4v) is 3.38. The molecule has 0 bridgehead atoms. The average Bonchev–Trinajstić information content (AvgIpc) is 3.06. The molecule has 1 N–H and O–H groups in total. The van der Waals surface area contributed by atoms with Crippen molar-refractivity contribution in [1.29, 1.82) is 0 Å². The molecule has 9 heteroatoms. The number of carbonyl (C=O) groups excluding carboxylic acids is 2. The Hall–Kier alpha value is -2.51. The molecular weight excluding hydrogens is 410 g/mol. The van der Waals surface area contributed by atoms with Crippen LogP contribution in [0.1, 0.15) is 6.42 Å². The molecule has 0 radical (unpaired) electrons. The standard InChI is InChI=1S/C19H17Cl2FN2O4/c1-27-16-8-15(17(28-2)7-13(16)21)23-19(26)10-5-18(25)24(9-10)11-3-4-14(22)12(20)6-11/h3-4,6-8,10H,5,9H2,1-2H3,(H,23,26). The first-order valence-corrected chi connectivity index (χ1v) is 9.07. The maximum atomic E-state index is 13.4. The Morgan fingerprint density at radius 1 is 1.14 bits per heavy atom. The number of carbonyl (C=O) groups is 2. The van der Waals surface area contributed by atoms with Crippen LogP contribution in [0.25, 0.3) is 0 Å². The normalized spacial score (nSPS) is 16.2. The van der Waals surface area contributed by atoms with Gasteiger partial charge in [0.05, 0.1) is 35.9 Å². The van der Waals surface area contributed by atoms with Crippen LogP contribution in [0.3, 0.4) is 0 Å². The first-order valence-electron chi connectivity index (χ1n) is 8.31. The highest BCUT2D eigenvalue weighted by atomic mass is 35.5. The lowest BCUT2D eigenvalue weighted by Gasteiger charge is -2.18. The van der Waals surface area contributed by atoms with Crippen LogP contribution in [-0.2, 0) is 9.59 Å². The van der Waals surface area contributed by atoms with Crippen molar-refractivity contribution in [3.05, 3.63) is 46.2 Å².